The highest BCUT2D eigenvalue weighted by molar-refractivity contribution is 7.84. The lowest BCUT2D eigenvalue weighted by Gasteiger charge is -1.97. The van der Waals surface area contributed by atoms with E-state index in [-0.39, 0.29) is 0 Å². The Morgan fingerprint density at radius 3 is 2.67 bits per heavy atom. The van der Waals surface area contributed by atoms with Crippen molar-refractivity contribution in [3.05, 3.63) is 18.5 Å². The molecular weight excluding hydrogens is 174 g/mol. The third kappa shape index (κ3) is 2.67. The van der Waals surface area contributed by atoms with Crippen LogP contribution in [-0.2, 0) is 10.8 Å². The summed E-state index contributed by atoms with van der Waals surface area (Å²) in [4.78, 5) is 7.76. The Bertz CT molecular complexity index is 252. The van der Waals surface area contributed by atoms with E-state index in [1.165, 1.54) is 0 Å². The lowest BCUT2D eigenvalue weighted by atomic mass is 10.5. The number of rotatable bonds is 4. The van der Waals surface area contributed by atoms with E-state index < -0.39 is 10.8 Å². The first-order chi connectivity index (χ1) is 5.84. The van der Waals surface area contributed by atoms with Gasteiger partial charge in [0.25, 0.3) is 0 Å². The highest BCUT2D eigenvalue weighted by atomic mass is 32.2. The molecule has 0 amide bonds. The van der Waals surface area contributed by atoms with E-state index in [0.29, 0.717) is 17.5 Å². The molecule has 2 N–H and O–H groups in total. The molecule has 0 aliphatic heterocycles. The molecular formula is C7H11N3OS. The summed E-state index contributed by atoms with van der Waals surface area (Å²) in [5, 5.41) is 0.394. The van der Waals surface area contributed by atoms with Gasteiger partial charge >= 0.3 is 0 Å². The zero-order valence-electron chi connectivity index (χ0n) is 6.64. The highest BCUT2D eigenvalue weighted by Gasteiger charge is 2.03. The monoisotopic (exact) mass is 185 g/mol. The van der Waals surface area contributed by atoms with Crippen molar-refractivity contribution in [2.75, 3.05) is 12.3 Å². The predicted molar refractivity (Wildman–Crippen MR) is 47.0 cm³/mol. The Labute approximate surface area is 73.7 Å². The highest BCUT2D eigenvalue weighted by Crippen LogP contribution is 1.97. The minimum absolute atomic E-state index is 0.394. The van der Waals surface area contributed by atoms with E-state index in [9.17, 15) is 4.21 Å². The summed E-state index contributed by atoms with van der Waals surface area (Å²) in [6.07, 6.45) is 3.91. The van der Waals surface area contributed by atoms with Crippen LogP contribution in [0.15, 0.2) is 23.6 Å². The quantitative estimate of drug-likeness (QED) is 0.667. The molecule has 0 saturated carbocycles. The van der Waals surface area contributed by atoms with Gasteiger partial charge in [-0.15, -0.1) is 0 Å². The molecule has 5 heteroatoms. The summed E-state index contributed by atoms with van der Waals surface area (Å²) in [6, 6.07) is 1.70. The summed E-state index contributed by atoms with van der Waals surface area (Å²) in [5.41, 5.74) is 5.28. The molecule has 1 unspecified atom stereocenters. The van der Waals surface area contributed by atoms with Gasteiger partial charge in [0.05, 0.1) is 10.8 Å². The first kappa shape index (κ1) is 9.28. The Kier molecular flexibility index (Phi) is 3.83. The van der Waals surface area contributed by atoms with Crippen molar-refractivity contribution < 1.29 is 4.21 Å². The third-order valence-corrected chi connectivity index (χ3v) is 2.56. The van der Waals surface area contributed by atoms with Crippen molar-refractivity contribution in [2.24, 2.45) is 5.73 Å². The van der Waals surface area contributed by atoms with E-state index in [1.807, 2.05) is 0 Å². The van der Waals surface area contributed by atoms with Crippen molar-refractivity contribution >= 4 is 10.8 Å². The summed E-state index contributed by atoms with van der Waals surface area (Å²) in [6.45, 7) is 0.554. The molecule has 0 aromatic carbocycles. The van der Waals surface area contributed by atoms with Crippen molar-refractivity contribution in [1.82, 2.24) is 9.97 Å². The molecule has 1 atom stereocenters. The SMILES string of the molecule is NCCCS(=O)c1ncccn1. The molecule has 0 spiro atoms. The Hall–Kier alpha value is -0.810. The molecule has 1 aromatic rings. The van der Waals surface area contributed by atoms with Gasteiger partial charge in [0.1, 0.15) is 0 Å². The molecule has 12 heavy (non-hydrogen) atoms. The topological polar surface area (TPSA) is 68.9 Å². The van der Waals surface area contributed by atoms with Crippen LogP contribution in [0.3, 0.4) is 0 Å². The summed E-state index contributed by atoms with van der Waals surface area (Å²) < 4.78 is 11.3. The second-order valence-corrected chi connectivity index (χ2v) is 3.69. The lowest BCUT2D eigenvalue weighted by Crippen LogP contribution is -2.08. The van der Waals surface area contributed by atoms with Crippen LogP contribution >= 0.6 is 0 Å². The van der Waals surface area contributed by atoms with Crippen LogP contribution in [0.1, 0.15) is 6.42 Å². The average Bonchev–Trinajstić information content (AvgIpc) is 2.15. The standard InChI is InChI=1S/C7H11N3OS/c8-3-1-6-12(11)7-9-4-2-5-10-7/h2,4-5H,1,3,6,8H2. The second kappa shape index (κ2) is 4.95. The molecule has 1 rings (SSSR count). The Morgan fingerprint density at radius 1 is 1.42 bits per heavy atom. The van der Waals surface area contributed by atoms with Gasteiger partial charge in [-0.05, 0) is 19.0 Å². The second-order valence-electron chi connectivity index (χ2n) is 2.22. The zero-order chi connectivity index (χ0) is 8.81. The predicted octanol–water partition coefficient (Wildman–Crippen LogP) is -0.0670. The molecule has 66 valence electrons. The van der Waals surface area contributed by atoms with Gasteiger partial charge in [0, 0.05) is 18.1 Å². The van der Waals surface area contributed by atoms with E-state index in [2.05, 4.69) is 9.97 Å². The molecule has 0 fully saturated rings. The van der Waals surface area contributed by atoms with Crippen molar-refractivity contribution in [2.45, 2.75) is 11.6 Å². The Balaban J connectivity index is 2.54. The maximum atomic E-state index is 11.3. The average molecular weight is 185 g/mol. The fraction of sp³-hybridized carbons (Fsp3) is 0.429. The van der Waals surface area contributed by atoms with Crippen LogP contribution in [0.5, 0.6) is 0 Å². The molecule has 0 saturated heterocycles. The summed E-state index contributed by atoms with van der Waals surface area (Å²) in [5.74, 6) is 0.542. The molecule has 0 aliphatic carbocycles. The normalized spacial score (nSPS) is 12.8. The van der Waals surface area contributed by atoms with Crippen LogP contribution in [0.25, 0.3) is 0 Å². The third-order valence-electron chi connectivity index (χ3n) is 1.28. The van der Waals surface area contributed by atoms with Crippen LogP contribution in [0.4, 0.5) is 0 Å². The molecule has 1 aromatic heterocycles. The molecule has 0 bridgehead atoms. The van der Waals surface area contributed by atoms with Gasteiger partial charge in [-0.2, -0.15) is 0 Å². The van der Waals surface area contributed by atoms with Gasteiger partial charge < -0.3 is 5.73 Å². The maximum Gasteiger partial charge on any atom is 0.218 e. The zero-order valence-corrected chi connectivity index (χ0v) is 7.46. The van der Waals surface area contributed by atoms with Gasteiger partial charge in [-0.3, -0.25) is 4.21 Å². The number of hydrogen-bond acceptors (Lipinski definition) is 4. The minimum atomic E-state index is -1.09. The van der Waals surface area contributed by atoms with Crippen molar-refractivity contribution in [3.8, 4) is 0 Å². The lowest BCUT2D eigenvalue weighted by molar-refractivity contribution is 0.673. The molecule has 0 aliphatic rings. The van der Waals surface area contributed by atoms with Gasteiger partial charge in [0.2, 0.25) is 5.16 Å². The fourth-order valence-electron chi connectivity index (χ4n) is 0.709. The maximum absolute atomic E-state index is 11.3. The Morgan fingerprint density at radius 2 is 2.08 bits per heavy atom. The first-order valence-corrected chi connectivity index (χ1v) is 5.02. The van der Waals surface area contributed by atoms with E-state index in [4.69, 9.17) is 5.73 Å². The molecule has 4 nitrogen and oxygen atoms in total. The number of nitrogens with two attached hydrogens (primary N) is 1. The van der Waals surface area contributed by atoms with Gasteiger partial charge in [-0.25, -0.2) is 9.97 Å². The largest absolute Gasteiger partial charge is 0.330 e. The number of hydrogen-bond donors (Lipinski definition) is 1. The first-order valence-electron chi connectivity index (χ1n) is 3.70. The van der Waals surface area contributed by atoms with Crippen LogP contribution in [-0.4, -0.2) is 26.5 Å². The van der Waals surface area contributed by atoms with E-state index in [0.717, 1.165) is 6.42 Å². The van der Waals surface area contributed by atoms with Crippen LogP contribution < -0.4 is 5.73 Å². The van der Waals surface area contributed by atoms with Gasteiger partial charge in [0.15, 0.2) is 0 Å². The van der Waals surface area contributed by atoms with Gasteiger partial charge in [-0.1, -0.05) is 0 Å². The fourth-order valence-corrected chi connectivity index (χ4v) is 1.68. The summed E-state index contributed by atoms with van der Waals surface area (Å²) in [7, 11) is -1.09. The van der Waals surface area contributed by atoms with Crippen molar-refractivity contribution in [3.63, 3.8) is 0 Å². The van der Waals surface area contributed by atoms with Crippen LogP contribution in [0.2, 0.25) is 0 Å². The minimum Gasteiger partial charge on any atom is -0.330 e. The van der Waals surface area contributed by atoms with E-state index >= 15 is 0 Å². The molecule has 0 radical (unpaired) electrons. The number of aromatic nitrogens is 2. The number of nitrogens with zero attached hydrogens (tertiary/aromatic N) is 2. The smallest absolute Gasteiger partial charge is 0.218 e. The molecule has 1 heterocycles. The summed E-state index contributed by atoms with van der Waals surface area (Å²) >= 11 is 0. The van der Waals surface area contributed by atoms with E-state index in [1.54, 1.807) is 18.5 Å². The van der Waals surface area contributed by atoms with Crippen LogP contribution in [0, 0.1) is 0 Å². The van der Waals surface area contributed by atoms with Crippen molar-refractivity contribution in [1.29, 1.82) is 0 Å².